The lowest BCUT2D eigenvalue weighted by atomic mass is 10.3. The Morgan fingerprint density at radius 3 is 2.40 bits per heavy atom. The molecular formula is C12H18N6O2. The predicted molar refractivity (Wildman–Crippen MR) is 74.2 cm³/mol. The Balaban J connectivity index is 1.90. The molecule has 108 valence electrons. The molecular weight excluding hydrogens is 260 g/mol. The van der Waals surface area contributed by atoms with Crippen LogP contribution in [0.25, 0.3) is 0 Å². The molecule has 0 unspecified atom stereocenters. The van der Waals surface area contributed by atoms with E-state index >= 15 is 0 Å². The molecule has 8 nitrogen and oxygen atoms in total. The maximum absolute atomic E-state index is 11.2. The van der Waals surface area contributed by atoms with Gasteiger partial charge in [-0.15, -0.1) is 0 Å². The third-order valence-corrected chi connectivity index (χ3v) is 3.73. The molecule has 20 heavy (non-hydrogen) atoms. The van der Waals surface area contributed by atoms with E-state index in [1.807, 2.05) is 4.90 Å². The fraction of sp³-hybridized carbons (Fsp3) is 0.667. The topological polar surface area (TPSA) is 110 Å². The van der Waals surface area contributed by atoms with Gasteiger partial charge in [-0.2, -0.15) is 4.98 Å². The lowest BCUT2D eigenvalue weighted by Gasteiger charge is -2.23. The molecule has 0 aromatic carbocycles. The van der Waals surface area contributed by atoms with E-state index in [9.17, 15) is 10.1 Å². The number of rotatable bonds is 7. The third-order valence-electron chi connectivity index (χ3n) is 3.73. The van der Waals surface area contributed by atoms with Crippen LogP contribution in [0, 0.1) is 22.0 Å². The van der Waals surface area contributed by atoms with E-state index in [1.54, 1.807) is 0 Å². The predicted octanol–water partition coefficient (Wildman–Crippen LogP) is 1.30. The van der Waals surface area contributed by atoms with Crippen molar-refractivity contribution in [2.45, 2.75) is 25.7 Å². The fourth-order valence-corrected chi connectivity index (χ4v) is 2.27. The molecule has 1 heterocycles. The van der Waals surface area contributed by atoms with Crippen molar-refractivity contribution in [2.24, 2.45) is 17.7 Å². The molecule has 2 aliphatic carbocycles. The first-order valence-electron chi connectivity index (χ1n) is 6.90. The Morgan fingerprint density at radius 2 is 1.95 bits per heavy atom. The van der Waals surface area contributed by atoms with Gasteiger partial charge < -0.3 is 4.90 Å². The lowest BCUT2D eigenvalue weighted by molar-refractivity contribution is -0.384. The molecule has 3 N–H and O–H groups in total. The molecule has 0 bridgehead atoms. The normalized spacial score (nSPS) is 17.9. The van der Waals surface area contributed by atoms with Crippen LogP contribution in [0.3, 0.4) is 0 Å². The van der Waals surface area contributed by atoms with Gasteiger partial charge in [0, 0.05) is 13.1 Å². The van der Waals surface area contributed by atoms with E-state index in [0.717, 1.165) is 13.1 Å². The van der Waals surface area contributed by atoms with Crippen LogP contribution in [0.4, 0.5) is 17.5 Å². The van der Waals surface area contributed by atoms with E-state index in [1.165, 1.54) is 31.9 Å². The van der Waals surface area contributed by atoms with Gasteiger partial charge in [-0.05, 0) is 37.5 Å². The maximum Gasteiger partial charge on any atom is 0.329 e. The molecule has 3 rings (SSSR count). The minimum Gasteiger partial charge on any atom is -0.350 e. The van der Waals surface area contributed by atoms with Crippen molar-refractivity contribution in [3.05, 3.63) is 16.3 Å². The van der Waals surface area contributed by atoms with Crippen molar-refractivity contribution in [3.63, 3.8) is 0 Å². The number of hydrogen-bond acceptors (Lipinski definition) is 7. The van der Waals surface area contributed by atoms with Crippen LogP contribution in [0.1, 0.15) is 25.7 Å². The first kappa shape index (κ1) is 13.0. The van der Waals surface area contributed by atoms with Crippen LogP contribution in [0.15, 0.2) is 6.20 Å². The molecule has 0 aliphatic heterocycles. The summed E-state index contributed by atoms with van der Waals surface area (Å²) < 4.78 is 0. The zero-order valence-electron chi connectivity index (χ0n) is 11.2. The number of aromatic nitrogens is 2. The second kappa shape index (κ2) is 5.20. The number of nitrogens with zero attached hydrogens (tertiary/aromatic N) is 4. The van der Waals surface area contributed by atoms with Crippen LogP contribution < -0.4 is 16.2 Å². The number of nitrogens with two attached hydrogens (primary N) is 1. The van der Waals surface area contributed by atoms with Gasteiger partial charge in [-0.1, -0.05) is 0 Å². The van der Waals surface area contributed by atoms with Crippen LogP contribution >= 0.6 is 0 Å². The summed E-state index contributed by atoms with van der Waals surface area (Å²) in [5, 5.41) is 11.2. The first-order valence-corrected chi connectivity index (χ1v) is 6.90. The van der Waals surface area contributed by atoms with Crippen molar-refractivity contribution in [2.75, 3.05) is 23.4 Å². The molecule has 0 radical (unpaired) electrons. The number of hydrazine groups is 1. The largest absolute Gasteiger partial charge is 0.350 e. The Labute approximate surface area is 116 Å². The fourth-order valence-electron chi connectivity index (χ4n) is 2.27. The SMILES string of the molecule is NNc1ncc([N+](=O)[O-])c(N(CC2CC2)CC2CC2)n1. The van der Waals surface area contributed by atoms with Crippen molar-refractivity contribution in [1.29, 1.82) is 0 Å². The summed E-state index contributed by atoms with van der Waals surface area (Å²) in [4.78, 5) is 20.8. The van der Waals surface area contributed by atoms with Gasteiger partial charge in [0.05, 0.1) is 4.92 Å². The molecule has 1 aromatic heterocycles. The van der Waals surface area contributed by atoms with Gasteiger partial charge in [0.1, 0.15) is 6.20 Å². The molecule has 2 fully saturated rings. The highest BCUT2D eigenvalue weighted by molar-refractivity contribution is 5.59. The summed E-state index contributed by atoms with van der Waals surface area (Å²) in [6.07, 6.45) is 6.01. The minimum atomic E-state index is -0.428. The summed E-state index contributed by atoms with van der Waals surface area (Å²) in [6, 6.07) is 0. The summed E-state index contributed by atoms with van der Waals surface area (Å²) in [5.74, 6) is 7.18. The highest BCUT2D eigenvalue weighted by Crippen LogP contribution is 2.37. The third kappa shape index (κ3) is 2.96. The molecule has 0 amide bonds. The van der Waals surface area contributed by atoms with Gasteiger partial charge in [0.15, 0.2) is 0 Å². The quantitative estimate of drug-likeness (QED) is 0.439. The summed E-state index contributed by atoms with van der Waals surface area (Å²) in [5.41, 5.74) is 2.30. The highest BCUT2D eigenvalue weighted by Gasteiger charge is 2.33. The number of nitrogens with one attached hydrogen (secondary N) is 1. The van der Waals surface area contributed by atoms with E-state index in [0.29, 0.717) is 17.7 Å². The summed E-state index contributed by atoms with van der Waals surface area (Å²) in [6.45, 7) is 1.66. The molecule has 2 saturated carbocycles. The van der Waals surface area contributed by atoms with E-state index in [-0.39, 0.29) is 11.6 Å². The van der Waals surface area contributed by atoms with Gasteiger partial charge >= 0.3 is 5.69 Å². The minimum absolute atomic E-state index is 0.0506. The maximum atomic E-state index is 11.2. The smallest absolute Gasteiger partial charge is 0.329 e. The molecule has 1 aromatic rings. The number of nitro groups is 1. The lowest BCUT2D eigenvalue weighted by Crippen LogP contribution is -2.30. The molecule has 0 spiro atoms. The van der Waals surface area contributed by atoms with Gasteiger partial charge in [-0.3, -0.25) is 15.5 Å². The van der Waals surface area contributed by atoms with E-state index in [2.05, 4.69) is 15.4 Å². The van der Waals surface area contributed by atoms with Crippen molar-refractivity contribution >= 4 is 17.5 Å². The van der Waals surface area contributed by atoms with Crippen molar-refractivity contribution < 1.29 is 4.92 Å². The first-order chi connectivity index (χ1) is 9.67. The van der Waals surface area contributed by atoms with Gasteiger partial charge in [0.2, 0.25) is 11.8 Å². The Kier molecular flexibility index (Phi) is 3.39. The van der Waals surface area contributed by atoms with Crippen molar-refractivity contribution in [1.82, 2.24) is 9.97 Å². The standard InChI is InChI=1S/C12H18N6O2/c13-16-12-14-5-10(18(19)20)11(15-12)17(6-8-1-2-8)7-9-3-4-9/h5,8-9H,1-4,6-7,13H2,(H,14,15,16). The van der Waals surface area contributed by atoms with Gasteiger partial charge in [0.25, 0.3) is 0 Å². The highest BCUT2D eigenvalue weighted by atomic mass is 16.6. The monoisotopic (exact) mass is 278 g/mol. The zero-order chi connectivity index (χ0) is 14.1. The van der Waals surface area contributed by atoms with E-state index < -0.39 is 4.92 Å². The number of hydrogen-bond donors (Lipinski definition) is 2. The van der Waals surface area contributed by atoms with Gasteiger partial charge in [-0.25, -0.2) is 10.8 Å². The van der Waals surface area contributed by atoms with Crippen LogP contribution in [-0.2, 0) is 0 Å². The average Bonchev–Trinajstić information content (AvgIpc) is 3.32. The Morgan fingerprint density at radius 1 is 1.35 bits per heavy atom. The van der Waals surface area contributed by atoms with Crippen molar-refractivity contribution in [3.8, 4) is 0 Å². The summed E-state index contributed by atoms with van der Waals surface area (Å²) in [7, 11) is 0. The zero-order valence-corrected chi connectivity index (χ0v) is 11.2. The molecule has 8 heteroatoms. The van der Waals surface area contributed by atoms with E-state index in [4.69, 9.17) is 5.84 Å². The summed E-state index contributed by atoms with van der Waals surface area (Å²) >= 11 is 0. The molecule has 0 saturated heterocycles. The average molecular weight is 278 g/mol. The second-order valence-electron chi connectivity index (χ2n) is 5.60. The number of anilines is 2. The molecule has 0 atom stereocenters. The number of nitrogen functional groups attached to an aromatic ring is 1. The van der Waals surface area contributed by atoms with Crippen LogP contribution in [-0.4, -0.2) is 28.0 Å². The van der Waals surface area contributed by atoms with Crippen LogP contribution in [0.5, 0.6) is 0 Å². The Bertz CT molecular complexity index is 501. The Hall–Kier alpha value is -1.96. The molecule has 2 aliphatic rings. The second-order valence-corrected chi connectivity index (χ2v) is 5.60. The van der Waals surface area contributed by atoms with Crippen LogP contribution in [0.2, 0.25) is 0 Å².